The fourth-order valence-corrected chi connectivity index (χ4v) is 6.48. The number of nitrogens with zero attached hydrogens (tertiary/aromatic N) is 3. The van der Waals surface area contributed by atoms with Gasteiger partial charge < -0.3 is 9.64 Å². The lowest BCUT2D eigenvalue weighted by atomic mass is 10.1. The van der Waals surface area contributed by atoms with Crippen molar-refractivity contribution < 1.29 is 9.53 Å². The van der Waals surface area contributed by atoms with Gasteiger partial charge in [-0.3, -0.25) is 14.2 Å². The monoisotopic (exact) mass is 569 g/mol. The maximum Gasteiger partial charge on any atom is 0.262 e. The molecule has 8 heteroatoms. The molecule has 0 N–H and O–H groups in total. The third-order valence-electron chi connectivity index (χ3n) is 6.51. The number of thiophene rings is 1. The van der Waals surface area contributed by atoms with Crippen LogP contribution in [0.5, 0.6) is 0 Å². The molecule has 0 unspecified atom stereocenters. The average molecular weight is 570 g/mol. The van der Waals surface area contributed by atoms with Gasteiger partial charge in [0.1, 0.15) is 4.83 Å². The number of hydrogen-bond donors (Lipinski definition) is 0. The number of carbonyl (C=O) groups is 1. The molecule has 2 aromatic heterocycles. The number of fused-ring (bicyclic) bond motifs is 1. The van der Waals surface area contributed by atoms with E-state index in [2.05, 4.69) is 0 Å². The van der Waals surface area contributed by atoms with Crippen LogP contribution in [0.1, 0.15) is 17.5 Å². The fourth-order valence-electron chi connectivity index (χ4n) is 4.47. The molecule has 0 radical (unpaired) electrons. The van der Waals surface area contributed by atoms with E-state index in [4.69, 9.17) is 9.72 Å². The Morgan fingerprint density at radius 1 is 0.925 bits per heavy atom. The first-order valence-electron chi connectivity index (χ1n) is 13.2. The van der Waals surface area contributed by atoms with Gasteiger partial charge in [-0.05, 0) is 29.2 Å². The molecule has 0 saturated carbocycles. The SMILES string of the molecule is COCCCn1c(SCC(=O)N(Cc2ccccc2)Cc2ccccc2)nc2sc(-c3ccccc3)cc2c1=O. The Kier molecular flexibility index (Phi) is 9.44. The highest BCUT2D eigenvalue weighted by Gasteiger charge is 2.19. The predicted molar refractivity (Wildman–Crippen MR) is 164 cm³/mol. The maximum atomic E-state index is 13.6. The van der Waals surface area contributed by atoms with Crippen LogP contribution >= 0.6 is 23.1 Å². The van der Waals surface area contributed by atoms with Crippen LogP contribution in [0.3, 0.4) is 0 Å². The van der Waals surface area contributed by atoms with Crippen molar-refractivity contribution in [3.8, 4) is 10.4 Å². The van der Waals surface area contributed by atoms with E-state index in [1.807, 2.05) is 102 Å². The Hall–Kier alpha value is -3.72. The average Bonchev–Trinajstić information content (AvgIpc) is 3.43. The molecule has 0 aliphatic carbocycles. The highest BCUT2D eigenvalue weighted by Crippen LogP contribution is 2.32. The van der Waals surface area contributed by atoms with Crippen molar-refractivity contribution in [2.75, 3.05) is 19.5 Å². The highest BCUT2D eigenvalue weighted by molar-refractivity contribution is 7.99. The second-order valence-corrected chi connectivity index (χ2v) is 11.4. The third-order valence-corrected chi connectivity index (χ3v) is 8.55. The molecular formula is C32H31N3O3S2. The molecule has 0 fully saturated rings. The van der Waals surface area contributed by atoms with Gasteiger partial charge in [0, 0.05) is 38.2 Å². The molecule has 0 spiro atoms. The van der Waals surface area contributed by atoms with E-state index < -0.39 is 0 Å². The minimum atomic E-state index is -0.0834. The Morgan fingerprint density at radius 2 is 1.52 bits per heavy atom. The second-order valence-electron chi connectivity index (χ2n) is 9.40. The Bertz CT molecular complexity index is 1560. The topological polar surface area (TPSA) is 64.4 Å². The number of amides is 1. The number of ether oxygens (including phenoxy) is 1. The summed E-state index contributed by atoms with van der Waals surface area (Å²) in [5, 5.41) is 1.16. The number of benzene rings is 3. The summed E-state index contributed by atoms with van der Waals surface area (Å²) in [5.41, 5.74) is 3.11. The predicted octanol–water partition coefficient (Wildman–Crippen LogP) is 6.48. The van der Waals surface area contributed by atoms with Crippen molar-refractivity contribution in [1.29, 1.82) is 0 Å². The van der Waals surface area contributed by atoms with E-state index in [9.17, 15) is 9.59 Å². The number of carbonyl (C=O) groups excluding carboxylic acids is 1. The minimum absolute atomic E-state index is 0.00773. The molecule has 6 nitrogen and oxygen atoms in total. The van der Waals surface area contributed by atoms with Gasteiger partial charge in [-0.1, -0.05) is 103 Å². The van der Waals surface area contributed by atoms with Gasteiger partial charge in [-0.15, -0.1) is 11.3 Å². The number of methoxy groups -OCH3 is 1. The lowest BCUT2D eigenvalue weighted by Gasteiger charge is -2.23. The Balaban J connectivity index is 1.42. The summed E-state index contributed by atoms with van der Waals surface area (Å²) < 4.78 is 6.93. The molecule has 3 aromatic carbocycles. The van der Waals surface area contributed by atoms with Crippen molar-refractivity contribution in [1.82, 2.24) is 14.5 Å². The summed E-state index contributed by atoms with van der Waals surface area (Å²) in [6.07, 6.45) is 0.676. The largest absolute Gasteiger partial charge is 0.385 e. The van der Waals surface area contributed by atoms with Crippen LogP contribution in [-0.2, 0) is 29.2 Å². The molecule has 1 amide bonds. The smallest absolute Gasteiger partial charge is 0.262 e. The van der Waals surface area contributed by atoms with E-state index in [1.165, 1.54) is 23.1 Å². The van der Waals surface area contributed by atoms with Gasteiger partial charge in [0.15, 0.2) is 5.16 Å². The molecule has 0 aliphatic rings. The van der Waals surface area contributed by atoms with Crippen molar-refractivity contribution in [2.45, 2.75) is 31.2 Å². The molecule has 0 atom stereocenters. The lowest BCUT2D eigenvalue weighted by molar-refractivity contribution is -0.129. The van der Waals surface area contributed by atoms with Crippen LogP contribution in [0, 0.1) is 0 Å². The van der Waals surface area contributed by atoms with Gasteiger partial charge in [0.2, 0.25) is 5.91 Å². The summed E-state index contributed by atoms with van der Waals surface area (Å²) >= 11 is 2.83. The molecular weight excluding hydrogens is 539 g/mol. The zero-order valence-corrected chi connectivity index (χ0v) is 24.0. The third kappa shape index (κ3) is 6.88. The second kappa shape index (κ2) is 13.6. The van der Waals surface area contributed by atoms with Crippen LogP contribution in [0.25, 0.3) is 20.7 Å². The summed E-state index contributed by atoms with van der Waals surface area (Å²) in [6, 6.07) is 31.9. The normalized spacial score (nSPS) is 11.1. The van der Waals surface area contributed by atoms with Gasteiger partial charge in [0.25, 0.3) is 5.56 Å². The van der Waals surface area contributed by atoms with E-state index in [1.54, 1.807) is 11.7 Å². The van der Waals surface area contributed by atoms with Gasteiger partial charge in [-0.2, -0.15) is 0 Å². The summed E-state index contributed by atoms with van der Waals surface area (Å²) in [6.45, 7) is 2.02. The molecule has 40 heavy (non-hydrogen) atoms. The first-order chi connectivity index (χ1) is 19.6. The van der Waals surface area contributed by atoms with Crippen molar-refractivity contribution in [3.05, 3.63) is 119 Å². The van der Waals surface area contributed by atoms with E-state index in [0.717, 1.165) is 21.6 Å². The van der Waals surface area contributed by atoms with E-state index >= 15 is 0 Å². The molecule has 2 heterocycles. The Labute approximate surface area is 242 Å². The fraction of sp³-hybridized carbons (Fsp3) is 0.219. The van der Waals surface area contributed by atoms with Crippen LogP contribution in [0.4, 0.5) is 0 Å². The molecule has 204 valence electrons. The molecule has 0 aliphatic heterocycles. The van der Waals surface area contributed by atoms with Crippen molar-refractivity contribution in [2.24, 2.45) is 0 Å². The van der Waals surface area contributed by atoms with Crippen LogP contribution in [0.2, 0.25) is 0 Å². The van der Waals surface area contributed by atoms with E-state index in [0.29, 0.717) is 48.0 Å². The van der Waals surface area contributed by atoms with Crippen molar-refractivity contribution in [3.63, 3.8) is 0 Å². The van der Waals surface area contributed by atoms with Crippen LogP contribution < -0.4 is 5.56 Å². The molecule has 5 rings (SSSR count). The standard InChI is InChI=1S/C32H31N3O3S2/c1-38-19-11-18-35-31(37)27-20-28(26-16-9-4-10-17-26)40-30(27)33-32(35)39-23-29(36)34(21-24-12-5-2-6-13-24)22-25-14-7-3-8-15-25/h2-10,12-17,20H,11,18-19,21-23H2,1H3. The number of aromatic nitrogens is 2. The number of hydrogen-bond acceptors (Lipinski definition) is 6. The summed E-state index contributed by atoms with van der Waals surface area (Å²) in [7, 11) is 1.65. The first kappa shape index (κ1) is 27.8. The van der Waals surface area contributed by atoms with Crippen LogP contribution in [0.15, 0.2) is 107 Å². The Morgan fingerprint density at radius 3 is 2.12 bits per heavy atom. The summed E-state index contributed by atoms with van der Waals surface area (Å²) in [5.74, 6) is 0.172. The minimum Gasteiger partial charge on any atom is -0.385 e. The number of rotatable bonds is 12. The van der Waals surface area contributed by atoms with Gasteiger partial charge in [-0.25, -0.2) is 4.98 Å². The molecule has 0 saturated heterocycles. The van der Waals surface area contributed by atoms with Crippen molar-refractivity contribution >= 4 is 39.2 Å². The number of thioether (sulfide) groups is 1. The maximum absolute atomic E-state index is 13.6. The molecule has 5 aromatic rings. The van der Waals surface area contributed by atoms with E-state index in [-0.39, 0.29) is 17.2 Å². The lowest BCUT2D eigenvalue weighted by Crippen LogP contribution is -2.32. The van der Waals surface area contributed by atoms with Gasteiger partial charge >= 0.3 is 0 Å². The van der Waals surface area contributed by atoms with Gasteiger partial charge in [0.05, 0.1) is 11.1 Å². The zero-order valence-electron chi connectivity index (χ0n) is 22.4. The van der Waals surface area contributed by atoms with Crippen LogP contribution in [-0.4, -0.2) is 39.8 Å². The summed E-state index contributed by atoms with van der Waals surface area (Å²) in [4.78, 5) is 35.7. The highest BCUT2D eigenvalue weighted by atomic mass is 32.2. The zero-order chi connectivity index (χ0) is 27.7. The molecule has 0 bridgehead atoms. The first-order valence-corrected chi connectivity index (χ1v) is 15.0. The quantitative estimate of drug-likeness (QED) is 0.0977.